The van der Waals surface area contributed by atoms with Gasteiger partial charge in [0, 0.05) is 0 Å². The summed E-state index contributed by atoms with van der Waals surface area (Å²) in [7, 11) is -3.70. The molecule has 0 saturated heterocycles. The highest BCUT2D eigenvalue weighted by Crippen LogP contribution is 1.96. The zero-order valence-corrected chi connectivity index (χ0v) is 6.73. The second-order valence-electron chi connectivity index (χ2n) is 1.99. The molecule has 0 aromatic carbocycles. The topological polar surface area (TPSA) is 54.4 Å². The van der Waals surface area contributed by atoms with Gasteiger partial charge in [-0.15, -0.1) is 0 Å². The van der Waals surface area contributed by atoms with Crippen LogP contribution in [0.5, 0.6) is 0 Å². The lowest BCUT2D eigenvalue weighted by molar-refractivity contribution is 0.480. The average molecular weight is 172 g/mol. The van der Waals surface area contributed by atoms with Gasteiger partial charge in [-0.1, -0.05) is 19.8 Å². The van der Waals surface area contributed by atoms with E-state index in [0.717, 1.165) is 12.8 Å². The van der Waals surface area contributed by atoms with E-state index in [1.807, 2.05) is 6.92 Å². The number of rotatable bonds is 4. The first-order valence-corrected chi connectivity index (χ1v) is 4.62. The molecule has 1 N–H and O–H groups in total. The lowest BCUT2D eigenvalue weighted by Gasteiger charge is -1.92. The van der Waals surface area contributed by atoms with Gasteiger partial charge in [-0.2, -0.15) is 8.42 Å². The van der Waals surface area contributed by atoms with Crippen LogP contribution in [0.2, 0.25) is 0 Å². The van der Waals surface area contributed by atoms with Crippen LogP contribution in [-0.4, -0.2) is 18.7 Å². The molecule has 0 rings (SSSR count). The lowest BCUT2D eigenvalue weighted by Crippen LogP contribution is -2.02. The molecule has 0 aliphatic heterocycles. The molecule has 5 heteroatoms. The maximum atomic E-state index is 10.1. The Labute approximate surface area is 60.6 Å². The van der Waals surface area contributed by atoms with Crippen LogP contribution in [-0.2, 0) is 10.1 Å². The summed E-state index contributed by atoms with van der Waals surface area (Å²) in [6.45, 7) is 1.98. The predicted octanol–water partition coefficient (Wildman–Crippen LogP) is 1.22. The highest BCUT2D eigenvalue weighted by atomic mass is 32.2. The molecule has 0 aliphatic carbocycles. The van der Waals surface area contributed by atoms with Gasteiger partial charge in [0.2, 0.25) is 0 Å². The second-order valence-corrected chi connectivity index (χ2v) is 3.57. The largest absolute Gasteiger partial charge is 0.286 e. The quantitative estimate of drug-likeness (QED) is 0.512. The molecule has 0 unspecified atom stereocenters. The summed E-state index contributed by atoms with van der Waals surface area (Å²) < 4.78 is 28.3. The minimum atomic E-state index is -3.70. The Morgan fingerprint density at radius 1 is 1.30 bits per heavy atom. The van der Waals surface area contributed by atoms with Crippen LogP contribution in [0.4, 0.5) is 4.70 Å². The molecule has 10 heavy (non-hydrogen) atoms. The molecular weight excluding hydrogens is 159 g/mol. The van der Waals surface area contributed by atoms with Crippen LogP contribution >= 0.6 is 0 Å². The third-order valence-electron chi connectivity index (χ3n) is 1.01. The Bertz CT molecular complexity index is 152. The molecule has 0 fully saturated rings. The van der Waals surface area contributed by atoms with Crippen molar-refractivity contribution < 1.29 is 17.7 Å². The summed E-state index contributed by atoms with van der Waals surface area (Å²) >= 11 is 0. The molecule has 0 amide bonds. The first-order valence-electron chi connectivity index (χ1n) is 3.01. The smallest absolute Gasteiger partial charge is 0.264 e. The van der Waals surface area contributed by atoms with E-state index in [1.54, 1.807) is 0 Å². The summed E-state index contributed by atoms with van der Waals surface area (Å²) in [5, 5.41) is 0. The van der Waals surface area contributed by atoms with Crippen molar-refractivity contribution in [3.05, 3.63) is 0 Å². The second kappa shape index (κ2) is 5.61. The summed E-state index contributed by atoms with van der Waals surface area (Å²) in [4.78, 5) is 0. The fraction of sp³-hybridized carbons (Fsp3) is 1.00. The third kappa shape index (κ3) is 10.8. The van der Waals surface area contributed by atoms with Crippen molar-refractivity contribution in [2.75, 3.05) is 5.75 Å². The molecule has 3 nitrogen and oxygen atoms in total. The highest BCUT2D eigenvalue weighted by Gasteiger charge is 2.01. The highest BCUT2D eigenvalue weighted by molar-refractivity contribution is 7.85. The van der Waals surface area contributed by atoms with Crippen molar-refractivity contribution in [3.8, 4) is 0 Å². The van der Waals surface area contributed by atoms with Crippen molar-refractivity contribution in [2.45, 2.75) is 26.2 Å². The molecule has 0 aromatic rings. The van der Waals surface area contributed by atoms with Gasteiger partial charge in [-0.05, 0) is 6.42 Å². The van der Waals surface area contributed by atoms with Crippen molar-refractivity contribution in [1.82, 2.24) is 0 Å². The third-order valence-corrected chi connectivity index (χ3v) is 1.81. The Hall–Kier alpha value is -0.160. The monoisotopic (exact) mass is 172 g/mol. The van der Waals surface area contributed by atoms with E-state index in [0.29, 0.717) is 6.42 Å². The van der Waals surface area contributed by atoms with Gasteiger partial charge in [-0.25, -0.2) is 0 Å². The Balaban J connectivity index is 0. The van der Waals surface area contributed by atoms with E-state index < -0.39 is 10.1 Å². The van der Waals surface area contributed by atoms with Crippen molar-refractivity contribution >= 4 is 10.1 Å². The zero-order chi connectivity index (χ0) is 7.33. The standard InChI is InChI=1S/C5H12O3S.FH/c1-2-3-4-5-9(6,7)8;/h2-5H2,1H3,(H,6,7,8);1H. The van der Waals surface area contributed by atoms with Crippen molar-refractivity contribution in [3.63, 3.8) is 0 Å². The van der Waals surface area contributed by atoms with Gasteiger partial charge < -0.3 is 0 Å². The molecule has 0 heterocycles. The van der Waals surface area contributed by atoms with E-state index in [4.69, 9.17) is 4.55 Å². The summed E-state index contributed by atoms with van der Waals surface area (Å²) in [6.07, 6.45) is 2.39. The fourth-order valence-corrected chi connectivity index (χ4v) is 1.10. The first-order chi connectivity index (χ1) is 4.06. The molecule has 0 radical (unpaired) electrons. The first kappa shape index (κ1) is 12.5. The summed E-state index contributed by atoms with van der Waals surface area (Å²) in [5.41, 5.74) is 0. The number of hydrogen-bond donors (Lipinski definition) is 1. The van der Waals surface area contributed by atoms with E-state index >= 15 is 0 Å². The minimum absolute atomic E-state index is 0. The van der Waals surface area contributed by atoms with Gasteiger partial charge in [0.15, 0.2) is 0 Å². The maximum absolute atomic E-state index is 10.1. The van der Waals surface area contributed by atoms with E-state index in [2.05, 4.69) is 0 Å². The van der Waals surface area contributed by atoms with Gasteiger partial charge in [0.25, 0.3) is 10.1 Å². The van der Waals surface area contributed by atoms with Crippen LogP contribution in [0.15, 0.2) is 0 Å². The van der Waals surface area contributed by atoms with Crippen molar-refractivity contribution in [2.24, 2.45) is 0 Å². The fourth-order valence-electron chi connectivity index (χ4n) is 0.534. The van der Waals surface area contributed by atoms with Crippen LogP contribution < -0.4 is 0 Å². The van der Waals surface area contributed by atoms with E-state index in [1.165, 1.54) is 0 Å². The summed E-state index contributed by atoms with van der Waals surface area (Å²) in [6, 6.07) is 0. The molecule has 0 atom stereocenters. The molecule has 64 valence electrons. The summed E-state index contributed by atoms with van der Waals surface area (Å²) in [5.74, 6) is -0.0964. The Morgan fingerprint density at radius 3 is 2.10 bits per heavy atom. The molecule has 0 bridgehead atoms. The lowest BCUT2D eigenvalue weighted by atomic mass is 10.3. The molecule has 0 aliphatic rings. The predicted molar refractivity (Wildman–Crippen MR) is 38.4 cm³/mol. The van der Waals surface area contributed by atoms with Crippen LogP contribution in [0, 0.1) is 0 Å². The van der Waals surface area contributed by atoms with Crippen molar-refractivity contribution in [1.29, 1.82) is 0 Å². The maximum Gasteiger partial charge on any atom is 0.264 e. The van der Waals surface area contributed by atoms with E-state index in [9.17, 15) is 8.42 Å². The molecule has 0 aromatic heterocycles. The Morgan fingerprint density at radius 2 is 1.80 bits per heavy atom. The zero-order valence-electron chi connectivity index (χ0n) is 5.91. The Kier molecular flexibility index (Phi) is 7.02. The molecule has 0 spiro atoms. The van der Waals surface area contributed by atoms with Gasteiger partial charge in [-0.3, -0.25) is 9.26 Å². The average Bonchev–Trinajstić information content (AvgIpc) is 1.63. The van der Waals surface area contributed by atoms with Gasteiger partial charge in [0.1, 0.15) is 0 Å². The SMILES string of the molecule is CCCCCS(=O)(=O)O.F. The number of hydrogen-bond acceptors (Lipinski definition) is 2. The molecular formula is C5H13FO3S. The van der Waals surface area contributed by atoms with Crippen LogP contribution in [0.25, 0.3) is 0 Å². The van der Waals surface area contributed by atoms with Gasteiger partial charge >= 0.3 is 0 Å². The van der Waals surface area contributed by atoms with Crippen LogP contribution in [0.1, 0.15) is 26.2 Å². The van der Waals surface area contributed by atoms with E-state index in [-0.39, 0.29) is 10.5 Å². The minimum Gasteiger partial charge on any atom is -0.286 e. The normalized spacial score (nSPS) is 10.6. The van der Waals surface area contributed by atoms with Gasteiger partial charge in [0.05, 0.1) is 5.75 Å². The van der Waals surface area contributed by atoms with Crippen LogP contribution in [0.3, 0.4) is 0 Å². The molecule has 0 saturated carbocycles. The number of unbranched alkanes of at least 4 members (excludes halogenated alkanes) is 2. The number of halogens is 1.